The van der Waals surface area contributed by atoms with Crippen molar-refractivity contribution in [3.63, 3.8) is 0 Å². The van der Waals surface area contributed by atoms with Crippen molar-refractivity contribution in [2.75, 3.05) is 25.0 Å². The standard InChI is InChI=1S/C12H20N4/c1-10(2)16-7-5-11(9-16)8-13-12-4-3-6-14-15-12/h3-4,6,10-11H,5,7-9H2,1-2H3,(H,13,15). The van der Waals surface area contributed by atoms with E-state index in [1.807, 2.05) is 12.1 Å². The predicted molar refractivity (Wildman–Crippen MR) is 65.3 cm³/mol. The van der Waals surface area contributed by atoms with E-state index in [-0.39, 0.29) is 0 Å². The summed E-state index contributed by atoms with van der Waals surface area (Å²) in [5, 5.41) is 11.2. The molecule has 2 rings (SSSR count). The third-order valence-electron chi connectivity index (χ3n) is 3.19. The first-order valence-corrected chi connectivity index (χ1v) is 6.01. The summed E-state index contributed by atoms with van der Waals surface area (Å²) in [5.74, 6) is 1.62. The molecule has 0 radical (unpaired) electrons. The molecule has 1 N–H and O–H groups in total. The smallest absolute Gasteiger partial charge is 0.148 e. The molecule has 0 aromatic carbocycles. The number of rotatable bonds is 4. The van der Waals surface area contributed by atoms with E-state index >= 15 is 0 Å². The summed E-state index contributed by atoms with van der Waals surface area (Å²) >= 11 is 0. The van der Waals surface area contributed by atoms with E-state index in [2.05, 4.69) is 34.3 Å². The fraction of sp³-hybridized carbons (Fsp3) is 0.667. The Kier molecular flexibility index (Phi) is 3.72. The molecule has 2 heterocycles. The quantitative estimate of drug-likeness (QED) is 0.837. The number of anilines is 1. The summed E-state index contributed by atoms with van der Waals surface area (Å²) in [6.45, 7) is 7.95. The molecule has 1 atom stereocenters. The van der Waals surface area contributed by atoms with E-state index in [0.29, 0.717) is 6.04 Å². The van der Waals surface area contributed by atoms with Crippen LogP contribution in [-0.2, 0) is 0 Å². The lowest BCUT2D eigenvalue weighted by Gasteiger charge is -2.20. The Morgan fingerprint density at radius 2 is 2.44 bits per heavy atom. The Bertz CT molecular complexity index is 312. The van der Waals surface area contributed by atoms with Gasteiger partial charge in [-0.3, -0.25) is 0 Å². The van der Waals surface area contributed by atoms with Gasteiger partial charge >= 0.3 is 0 Å². The number of nitrogens with zero attached hydrogens (tertiary/aromatic N) is 3. The van der Waals surface area contributed by atoms with Crippen molar-refractivity contribution in [1.29, 1.82) is 0 Å². The number of likely N-dealkylation sites (tertiary alicyclic amines) is 1. The molecule has 4 nitrogen and oxygen atoms in total. The summed E-state index contributed by atoms with van der Waals surface area (Å²) in [5.41, 5.74) is 0. The minimum Gasteiger partial charge on any atom is -0.368 e. The lowest BCUT2D eigenvalue weighted by molar-refractivity contribution is 0.266. The minimum absolute atomic E-state index is 0.668. The molecule has 1 unspecified atom stereocenters. The largest absolute Gasteiger partial charge is 0.368 e. The highest BCUT2D eigenvalue weighted by atomic mass is 15.2. The van der Waals surface area contributed by atoms with Crippen molar-refractivity contribution in [1.82, 2.24) is 15.1 Å². The highest BCUT2D eigenvalue weighted by molar-refractivity contribution is 5.31. The summed E-state index contributed by atoms with van der Waals surface area (Å²) in [6, 6.07) is 4.54. The second-order valence-corrected chi connectivity index (χ2v) is 4.73. The third kappa shape index (κ3) is 2.92. The molecule has 1 aromatic rings. The summed E-state index contributed by atoms with van der Waals surface area (Å²) in [7, 11) is 0. The van der Waals surface area contributed by atoms with Crippen LogP contribution in [0, 0.1) is 5.92 Å². The van der Waals surface area contributed by atoms with Crippen LogP contribution in [-0.4, -0.2) is 40.8 Å². The molecular formula is C12H20N4. The van der Waals surface area contributed by atoms with Gasteiger partial charge in [-0.1, -0.05) is 0 Å². The first-order valence-electron chi connectivity index (χ1n) is 6.01. The monoisotopic (exact) mass is 220 g/mol. The van der Waals surface area contributed by atoms with Crippen LogP contribution in [0.1, 0.15) is 20.3 Å². The number of hydrogen-bond donors (Lipinski definition) is 1. The van der Waals surface area contributed by atoms with E-state index < -0.39 is 0 Å². The van der Waals surface area contributed by atoms with Crippen LogP contribution in [0.25, 0.3) is 0 Å². The van der Waals surface area contributed by atoms with Gasteiger partial charge in [0.2, 0.25) is 0 Å². The highest BCUT2D eigenvalue weighted by Gasteiger charge is 2.23. The maximum Gasteiger partial charge on any atom is 0.148 e. The number of aromatic nitrogens is 2. The molecule has 0 amide bonds. The van der Waals surface area contributed by atoms with Gasteiger partial charge in [0.15, 0.2) is 0 Å². The van der Waals surface area contributed by atoms with Crippen molar-refractivity contribution in [2.24, 2.45) is 5.92 Å². The molecule has 0 bridgehead atoms. The zero-order valence-corrected chi connectivity index (χ0v) is 10.1. The van der Waals surface area contributed by atoms with Crippen LogP contribution >= 0.6 is 0 Å². The van der Waals surface area contributed by atoms with E-state index in [0.717, 1.165) is 18.3 Å². The average molecular weight is 220 g/mol. The first-order chi connectivity index (χ1) is 7.75. The minimum atomic E-state index is 0.668. The molecule has 16 heavy (non-hydrogen) atoms. The van der Waals surface area contributed by atoms with Crippen molar-refractivity contribution in [2.45, 2.75) is 26.3 Å². The molecular weight excluding hydrogens is 200 g/mol. The SMILES string of the molecule is CC(C)N1CCC(CNc2cccnn2)C1. The molecule has 1 aromatic heterocycles. The van der Waals surface area contributed by atoms with Crippen molar-refractivity contribution >= 4 is 5.82 Å². The zero-order chi connectivity index (χ0) is 11.4. The van der Waals surface area contributed by atoms with Gasteiger partial charge in [0, 0.05) is 25.3 Å². The van der Waals surface area contributed by atoms with Crippen LogP contribution in [0.5, 0.6) is 0 Å². The normalized spacial score (nSPS) is 21.6. The van der Waals surface area contributed by atoms with Gasteiger partial charge in [-0.25, -0.2) is 0 Å². The van der Waals surface area contributed by atoms with Gasteiger partial charge < -0.3 is 10.2 Å². The molecule has 0 spiro atoms. The molecule has 0 saturated carbocycles. The maximum absolute atomic E-state index is 4.02. The molecule has 1 saturated heterocycles. The average Bonchev–Trinajstić information content (AvgIpc) is 2.76. The second-order valence-electron chi connectivity index (χ2n) is 4.73. The predicted octanol–water partition coefficient (Wildman–Crippen LogP) is 1.62. The second kappa shape index (κ2) is 5.25. The lowest BCUT2D eigenvalue weighted by Crippen LogP contribution is -2.29. The summed E-state index contributed by atoms with van der Waals surface area (Å²) < 4.78 is 0. The van der Waals surface area contributed by atoms with Gasteiger partial charge in [-0.15, -0.1) is 5.10 Å². The van der Waals surface area contributed by atoms with Crippen LogP contribution in [0.3, 0.4) is 0 Å². The Morgan fingerprint density at radius 1 is 1.56 bits per heavy atom. The molecule has 4 heteroatoms. The number of nitrogens with one attached hydrogen (secondary N) is 1. The van der Waals surface area contributed by atoms with Gasteiger partial charge in [0.25, 0.3) is 0 Å². The van der Waals surface area contributed by atoms with E-state index in [1.165, 1.54) is 19.5 Å². The Labute approximate surface area is 97.1 Å². The van der Waals surface area contributed by atoms with Crippen molar-refractivity contribution in [3.8, 4) is 0 Å². The Balaban J connectivity index is 1.76. The zero-order valence-electron chi connectivity index (χ0n) is 10.1. The van der Waals surface area contributed by atoms with E-state index in [4.69, 9.17) is 0 Å². The molecule has 1 aliphatic heterocycles. The van der Waals surface area contributed by atoms with Gasteiger partial charge in [-0.05, 0) is 44.9 Å². The summed E-state index contributed by atoms with van der Waals surface area (Å²) in [6.07, 6.45) is 2.98. The topological polar surface area (TPSA) is 41.0 Å². The van der Waals surface area contributed by atoms with Crippen molar-refractivity contribution in [3.05, 3.63) is 18.3 Å². The fourth-order valence-corrected chi connectivity index (χ4v) is 2.14. The number of hydrogen-bond acceptors (Lipinski definition) is 4. The van der Waals surface area contributed by atoms with Crippen LogP contribution < -0.4 is 5.32 Å². The maximum atomic E-state index is 4.02. The molecule has 88 valence electrons. The molecule has 1 fully saturated rings. The summed E-state index contributed by atoms with van der Waals surface area (Å²) in [4.78, 5) is 2.53. The van der Waals surface area contributed by atoms with Gasteiger partial charge in [0.05, 0.1) is 0 Å². The van der Waals surface area contributed by atoms with E-state index in [9.17, 15) is 0 Å². The van der Waals surface area contributed by atoms with Gasteiger partial charge in [-0.2, -0.15) is 5.10 Å². The van der Waals surface area contributed by atoms with Crippen LogP contribution in [0.15, 0.2) is 18.3 Å². The first kappa shape index (κ1) is 11.3. The third-order valence-corrected chi connectivity index (χ3v) is 3.19. The fourth-order valence-electron chi connectivity index (χ4n) is 2.14. The Morgan fingerprint density at radius 3 is 3.06 bits per heavy atom. The highest BCUT2D eigenvalue weighted by Crippen LogP contribution is 2.18. The van der Waals surface area contributed by atoms with E-state index in [1.54, 1.807) is 6.20 Å². The van der Waals surface area contributed by atoms with Crippen LogP contribution in [0.2, 0.25) is 0 Å². The van der Waals surface area contributed by atoms with Gasteiger partial charge in [0.1, 0.15) is 5.82 Å². The van der Waals surface area contributed by atoms with Crippen molar-refractivity contribution < 1.29 is 0 Å². The Hall–Kier alpha value is -1.16. The van der Waals surface area contributed by atoms with Crippen LogP contribution in [0.4, 0.5) is 5.82 Å². The molecule has 1 aliphatic rings. The molecule has 0 aliphatic carbocycles. The lowest BCUT2D eigenvalue weighted by atomic mass is 10.1.